The fraction of sp³-hybridized carbons (Fsp3) is 0.250. The molecule has 1 heterocycles. The highest BCUT2D eigenvalue weighted by Crippen LogP contribution is 2.22. The van der Waals surface area contributed by atoms with E-state index in [1.165, 1.54) is 0 Å². The van der Waals surface area contributed by atoms with Crippen LogP contribution in [0.1, 0.15) is 11.7 Å². The first-order chi connectivity index (χ1) is 9.22. The second-order valence-corrected chi connectivity index (χ2v) is 4.02. The summed E-state index contributed by atoms with van der Waals surface area (Å²) in [6.07, 6.45) is -0.544. The van der Waals surface area contributed by atoms with Crippen LogP contribution in [-0.2, 0) is 0 Å². The molecule has 0 aliphatic heterocycles. The molecule has 1 aromatic carbocycles. The first-order valence-electron chi connectivity index (χ1n) is 5.69. The second kappa shape index (κ2) is 6.01. The zero-order valence-electron chi connectivity index (χ0n) is 10.0. The Kier molecular flexibility index (Phi) is 4.15. The van der Waals surface area contributed by atoms with Gasteiger partial charge in [0.15, 0.2) is 0 Å². The van der Waals surface area contributed by atoms with Crippen molar-refractivity contribution < 1.29 is 10.2 Å². The van der Waals surface area contributed by atoms with E-state index in [1.54, 1.807) is 18.3 Å². The van der Waals surface area contributed by atoms with Crippen molar-refractivity contribution >= 4 is 0 Å². The number of aromatic nitrogens is 2. The molecule has 0 spiro atoms. The SMILES string of the molecule is [N-]=[N+]=NCC(O)C(O)c1ccc(-c2ccn[nH]2)cc1. The van der Waals surface area contributed by atoms with Crippen molar-refractivity contribution in [3.63, 3.8) is 0 Å². The summed E-state index contributed by atoms with van der Waals surface area (Å²) in [5, 5.41) is 29.4. The van der Waals surface area contributed by atoms with Gasteiger partial charge >= 0.3 is 0 Å². The van der Waals surface area contributed by atoms with E-state index in [4.69, 9.17) is 5.53 Å². The van der Waals surface area contributed by atoms with Crippen LogP contribution < -0.4 is 0 Å². The summed E-state index contributed by atoms with van der Waals surface area (Å²) in [7, 11) is 0. The summed E-state index contributed by atoms with van der Waals surface area (Å²) in [6, 6.07) is 8.88. The molecule has 0 aliphatic carbocycles. The highest BCUT2D eigenvalue weighted by atomic mass is 16.3. The third-order valence-electron chi connectivity index (χ3n) is 2.76. The number of aliphatic hydroxyl groups is 2. The second-order valence-electron chi connectivity index (χ2n) is 4.02. The average molecular weight is 259 g/mol. The molecule has 0 saturated carbocycles. The monoisotopic (exact) mass is 259 g/mol. The van der Waals surface area contributed by atoms with E-state index in [0.717, 1.165) is 11.3 Å². The molecule has 7 heteroatoms. The number of nitrogens with zero attached hydrogens (tertiary/aromatic N) is 4. The van der Waals surface area contributed by atoms with Gasteiger partial charge in [0.1, 0.15) is 6.10 Å². The maximum Gasteiger partial charge on any atom is 0.105 e. The van der Waals surface area contributed by atoms with Crippen molar-refractivity contribution in [3.8, 4) is 11.3 Å². The largest absolute Gasteiger partial charge is 0.390 e. The number of H-pyrrole nitrogens is 1. The smallest absolute Gasteiger partial charge is 0.105 e. The van der Waals surface area contributed by atoms with E-state index in [2.05, 4.69) is 20.2 Å². The summed E-state index contributed by atoms with van der Waals surface area (Å²) in [5.74, 6) is 0. The van der Waals surface area contributed by atoms with E-state index >= 15 is 0 Å². The summed E-state index contributed by atoms with van der Waals surface area (Å²) in [6.45, 7) is -0.167. The van der Waals surface area contributed by atoms with Crippen LogP contribution in [0.5, 0.6) is 0 Å². The van der Waals surface area contributed by atoms with Gasteiger partial charge in [0.25, 0.3) is 0 Å². The van der Waals surface area contributed by atoms with E-state index < -0.39 is 12.2 Å². The molecule has 7 nitrogen and oxygen atoms in total. The van der Waals surface area contributed by atoms with Gasteiger partial charge in [-0.1, -0.05) is 29.4 Å². The molecule has 0 amide bonds. The fourth-order valence-electron chi connectivity index (χ4n) is 1.72. The number of azide groups is 1. The summed E-state index contributed by atoms with van der Waals surface area (Å²) >= 11 is 0. The van der Waals surface area contributed by atoms with Gasteiger partial charge in [0.05, 0.1) is 18.3 Å². The normalized spacial score (nSPS) is 13.6. The van der Waals surface area contributed by atoms with Crippen molar-refractivity contribution in [1.29, 1.82) is 0 Å². The topological polar surface area (TPSA) is 118 Å². The van der Waals surface area contributed by atoms with E-state index in [9.17, 15) is 10.2 Å². The number of benzene rings is 1. The van der Waals surface area contributed by atoms with Gasteiger partial charge < -0.3 is 10.2 Å². The predicted octanol–water partition coefficient (Wildman–Crippen LogP) is 1.78. The molecule has 2 aromatic rings. The van der Waals surface area contributed by atoms with Gasteiger partial charge in [0.2, 0.25) is 0 Å². The maximum absolute atomic E-state index is 9.88. The Morgan fingerprint density at radius 3 is 2.58 bits per heavy atom. The Balaban J connectivity index is 2.11. The van der Waals surface area contributed by atoms with Crippen molar-refractivity contribution in [2.75, 3.05) is 6.54 Å². The van der Waals surface area contributed by atoms with Crippen molar-refractivity contribution in [1.82, 2.24) is 10.2 Å². The Labute approximate surface area is 109 Å². The van der Waals surface area contributed by atoms with Gasteiger partial charge in [-0.2, -0.15) is 5.10 Å². The molecule has 3 N–H and O–H groups in total. The molecule has 2 unspecified atom stereocenters. The third kappa shape index (κ3) is 3.11. The van der Waals surface area contributed by atoms with Gasteiger partial charge in [-0.25, -0.2) is 0 Å². The molecule has 0 fully saturated rings. The Morgan fingerprint density at radius 2 is 2.00 bits per heavy atom. The minimum Gasteiger partial charge on any atom is -0.390 e. The molecular formula is C12H13N5O2. The highest BCUT2D eigenvalue weighted by molar-refractivity contribution is 5.58. The lowest BCUT2D eigenvalue weighted by Gasteiger charge is -2.16. The average Bonchev–Trinajstić information content (AvgIpc) is 2.98. The molecule has 19 heavy (non-hydrogen) atoms. The number of nitrogens with one attached hydrogen (secondary N) is 1. The molecule has 0 bridgehead atoms. The minimum absolute atomic E-state index is 0.167. The maximum atomic E-state index is 9.88. The van der Waals surface area contributed by atoms with Gasteiger partial charge in [-0.3, -0.25) is 5.10 Å². The number of hydrogen-bond acceptors (Lipinski definition) is 4. The van der Waals surface area contributed by atoms with Gasteiger partial charge in [0, 0.05) is 11.1 Å². The summed E-state index contributed by atoms with van der Waals surface area (Å²) < 4.78 is 0. The third-order valence-corrected chi connectivity index (χ3v) is 2.76. The standard InChI is InChI=1S/C12H13N5O2/c13-17-15-7-11(18)12(19)9-3-1-8(2-4-9)10-5-6-14-16-10/h1-6,11-12,18-19H,7H2,(H,14,16). The van der Waals surface area contributed by atoms with E-state index in [0.29, 0.717) is 5.56 Å². The van der Waals surface area contributed by atoms with Crippen LogP contribution in [0.15, 0.2) is 41.6 Å². The zero-order valence-corrected chi connectivity index (χ0v) is 10.0. The van der Waals surface area contributed by atoms with E-state index in [1.807, 2.05) is 18.2 Å². The van der Waals surface area contributed by atoms with Crippen LogP contribution in [0.3, 0.4) is 0 Å². The fourth-order valence-corrected chi connectivity index (χ4v) is 1.72. The van der Waals surface area contributed by atoms with Crippen LogP contribution in [0, 0.1) is 0 Å². The summed E-state index contributed by atoms with van der Waals surface area (Å²) in [5.41, 5.74) is 10.5. The number of hydrogen-bond donors (Lipinski definition) is 3. The molecule has 0 aliphatic rings. The van der Waals surface area contributed by atoms with Crippen LogP contribution in [0.4, 0.5) is 0 Å². The summed E-state index contributed by atoms with van der Waals surface area (Å²) in [4.78, 5) is 2.54. The molecular weight excluding hydrogens is 246 g/mol. The number of aliphatic hydroxyl groups excluding tert-OH is 2. The number of rotatable bonds is 5. The van der Waals surface area contributed by atoms with Crippen molar-refractivity contribution in [2.45, 2.75) is 12.2 Å². The zero-order chi connectivity index (χ0) is 13.7. The first-order valence-corrected chi connectivity index (χ1v) is 5.69. The van der Waals surface area contributed by atoms with Gasteiger partial charge in [-0.05, 0) is 22.7 Å². The Bertz CT molecular complexity index is 560. The lowest BCUT2D eigenvalue weighted by atomic mass is 10.0. The lowest BCUT2D eigenvalue weighted by Crippen LogP contribution is -2.21. The molecule has 2 atom stereocenters. The lowest BCUT2D eigenvalue weighted by molar-refractivity contribution is 0.0244. The van der Waals surface area contributed by atoms with Crippen LogP contribution in [-0.4, -0.2) is 33.1 Å². The molecule has 98 valence electrons. The highest BCUT2D eigenvalue weighted by Gasteiger charge is 2.17. The van der Waals surface area contributed by atoms with Gasteiger partial charge in [-0.15, -0.1) is 0 Å². The molecule has 0 radical (unpaired) electrons. The van der Waals surface area contributed by atoms with Crippen LogP contribution in [0.2, 0.25) is 0 Å². The first kappa shape index (κ1) is 13.1. The minimum atomic E-state index is -1.12. The van der Waals surface area contributed by atoms with E-state index in [-0.39, 0.29) is 6.54 Å². The van der Waals surface area contributed by atoms with Crippen LogP contribution in [0.25, 0.3) is 21.7 Å². The Morgan fingerprint density at radius 1 is 1.26 bits per heavy atom. The quantitative estimate of drug-likeness (QED) is 0.431. The number of aromatic amines is 1. The molecule has 2 rings (SSSR count). The Hall–Kier alpha value is -2.34. The molecule has 1 aromatic heterocycles. The van der Waals surface area contributed by atoms with Crippen molar-refractivity contribution in [3.05, 3.63) is 52.5 Å². The predicted molar refractivity (Wildman–Crippen MR) is 69.0 cm³/mol. The molecule has 0 saturated heterocycles. The van der Waals surface area contributed by atoms with Crippen LogP contribution >= 0.6 is 0 Å². The van der Waals surface area contributed by atoms with Crippen molar-refractivity contribution in [2.24, 2.45) is 5.11 Å².